The number of rotatable bonds is 5. The maximum Gasteiger partial charge on any atom is 0.244 e. The Kier molecular flexibility index (Phi) is 4.84. The van der Waals surface area contributed by atoms with Crippen LogP contribution in [0, 0.1) is 6.92 Å². The Labute approximate surface area is 146 Å². The smallest absolute Gasteiger partial charge is 0.244 e. The average Bonchev–Trinajstić information content (AvgIpc) is 3.03. The first-order chi connectivity index (χ1) is 12.1. The van der Waals surface area contributed by atoms with Crippen LogP contribution in [0.4, 0.5) is 0 Å². The largest absolute Gasteiger partial charge is 0.496 e. The van der Waals surface area contributed by atoms with E-state index in [-0.39, 0.29) is 11.9 Å². The van der Waals surface area contributed by atoms with E-state index in [4.69, 9.17) is 9.15 Å². The molecule has 25 heavy (non-hydrogen) atoms. The number of aromatic nitrogens is 1. The number of fused-ring (bicyclic) bond motifs is 1. The first kappa shape index (κ1) is 16.8. The fourth-order valence-corrected chi connectivity index (χ4v) is 2.64. The molecule has 0 fully saturated rings. The lowest BCUT2D eigenvalue weighted by Crippen LogP contribution is -2.25. The van der Waals surface area contributed by atoms with Gasteiger partial charge in [0.25, 0.3) is 0 Å². The van der Waals surface area contributed by atoms with Gasteiger partial charge in [0, 0.05) is 17.7 Å². The van der Waals surface area contributed by atoms with E-state index in [1.54, 1.807) is 13.2 Å². The summed E-state index contributed by atoms with van der Waals surface area (Å²) in [6.45, 7) is 3.92. The van der Waals surface area contributed by atoms with Crippen LogP contribution in [0.1, 0.15) is 30.0 Å². The van der Waals surface area contributed by atoms with Crippen LogP contribution < -0.4 is 10.1 Å². The van der Waals surface area contributed by atoms with Gasteiger partial charge in [0.05, 0.1) is 13.2 Å². The minimum atomic E-state index is -0.224. The van der Waals surface area contributed by atoms with Crippen LogP contribution in [0.2, 0.25) is 0 Å². The molecular weight excluding hydrogens is 316 g/mol. The zero-order valence-corrected chi connectivity index (χ0v) is 14.4. The van der Waals surface area contributed by atoms with Crippen LogP contribution in [0.3, 0.4) is 0 Å². The number of nitrogens with one attached hydrogen (secondary N) is 1. The van der Waals surface area contributed by atoms with E-state index in [1.165, 1.54) is 6.08 Å². The van der Waals surface area contributed by atoms with Gasteiger partial charge < -0.3 is 14.5 Å². The number of nitrogens with zero attached hydrogens (tertiary/aromatic N) is 1. The molecule has 128 valence electrons. The van der Waals surface area contributed by atoms with Gasteiger partial charge in [0.15, 0.2) is 5.58 Å². The van der Waals surface area contributed by atoms with E-state index in [0.717, 1.165) is 22.4 Å². The van der Waals surface area contributed by atoms with Crippen molar-refractivity contribution in [2.75, 3.05) is 7.11 Å². The molecule has 1 amide bonds. The number of oxazole rings is 1. The lowest BCUT2D eigenvalue weighted by Gasteiger charge is -2.17. The van der Waals surface area contributed by atoms with E-state index < -0.39 is 0 Å². The Morgan fingerprint density at radius 3 is 2.84 bits per heavy atom. The molecule has 5 heteroatoms. The molecule has 0 saturated heterocycles. The van der Waals surface area contributed by atoms with E-state index in [2.05, 4.69) is 10.3 Å². The van der Waals surface area contributed by atoms with Crippen molar-refractivity contribution in [1.82, 2.24) is 10.3 Å². The third-order valence-electron chi connectivity index (χ3n) is 3.90. The van der Waals surface area contributed by atoms with Gasteiger partial charge in [0.2, 0.25) is 11.8 Å². The molecule has 0 spiro atoms. The van der Waals surface area contributed by atoms with Gasteiger partial charge in [0.1, 0.15) is 11.3 Å². The van der Waals surface area contributed by atoms with Crippen LogP contribution in [-0.2, 0) is 4.79 Å². The van der Waals surface area contributed by atoms with Gasteiger partial charge in [-0.25, -0.2) is 4.98 Å². The highest BCUT2D eigenvalue weighted by Crippen LogP contribution is 2.26. The minimum absolute atomic E-state index is 0.185. The molecule has 0 aliphatic rings. The Morgan fingerprint density at radius 2 is 2.08 bits per heavy atom. The topological polar surface area (TPSA) is 64.4 Å². The Balaban J connectivity index is 1.70. The normalized spacial score (nSPS) is 12.4. The molecule has 1 aromatic heterocycles. The fourth-order valence-electron chi connectivity index (χ4n) is 2.64. The summed E-state index contributed by atoms with van der Waals surface area (Å²) in [5.74, 6) is 0.928. The monoisotopic (exact) mass is 336 g/mol. The molecule has 1 N–H and O–H groups in total. The van der Waals surface area contributed by atoms with Gasteiger partial charge in [-0.05, 0) is 32.0 Å². The predicted octanol–water partition coefficient (Wildman–Crippen LogP) is 4.04. The lowest BCUT2D eigenvalue weighted by atomic mass is 10.0. The van der Waals surface area contributed by atoms with Crippen LogP contribution in [0.25, 0.3) is 17.2 Å². The molecule has 0 bridgehead atoms. The van der Waals surface area contributed by atoms with Crippen molar-refractivity contribution in [3.8, 4) is 5.75 Å². The molecule has 0 aliphatic heterocycles. The van der Waals surface area contributed by atoms with E-state index in [0.29, 0.717) is 11.5 Å². The number of carbonyl (C=O) groups is 1. The van der Waals surface area contributed by atoms with Crippen LogP contribution in [0.15, 0.2) is 53.0 Å². The van der Waals surface area contributed by atoms with Crippen molar-refractivity contribution >= 4 is 23.1 Å². The van der Waals surface area contributed by atoms with Gasteiger partial charge in [-0.2, -0.15) is 0 Å². The number of methoxy groups -OCH3 is 1. The van der Waals surface area contributed by atoms with Crippen molar-refractivity contribution in [3.63, 3.8) is 0 Å². The highest BCUT2D eigenvalue weighted by molar-refractivity contribution is 5.91. The zero-order valence-electron chi connectivity index (χ0n) is 14.4. The number of hydrogen-bond acceptors (Lipinski definition) is 4. The molecule has 2 aromatic carbocycles. The molecule has 0 saturated carbocycles. The highest BCUT2D eigenvalue weighted by Gasteiger charge is 2.13. The number of carbonyl (C=O) groups excluding carboxylic acids is 1. The Bertz CT molecular complexity index is 895. The van der Waals surface area contributed by atoms with Crippen molar-refractivity contribution in [3.05, 3.63) is 65.6 Å². The van der Waals surface area contributed by atoms with E-state index in [9.17, 15) is 4.79 Å². The standard InChI is InChI=1S/C20H20N2O3/c1-13-8-9-17(24-3)15(12-13)14(2)21-19(23)10-11-20-22-16-6-4-5-7-18(16)25-20/h4-12,14H,1-3H3,(H,21,23)/b11-10+. The molecule has 3 aromatic rings. The van der Waals surface area contributed by atoms with Gasteiger partial charge in [-0.15, -0.1) is 0 Å². The summed E-state index contributed by atoms with van der Waals surface area (Å²) in [5, 5.41) is 2.93. The summed E-state index contributed by atoms with van der Waals surface area (Å²) in [4.78, 5) is 16.5. The first-order valence-corrected chi connectivity index (χ1v) is 8.05. The second-order valence-electron chi connectivity index (χ2n) is 5.83. The first-order valence-electron chi connectivity index (χ1n) is 8.05. The number of benzene rings is 2. The second kappa shape index (κ2) is 7.21. The number of para-hydroxylation sites is 2. The highest BCUT2D eigenvalue weighted by atomic mass is 16.5. The van der Waals surface area contributed by atoms with Crippen molar-refractivity contribution in [2.45, 2.75) is 19.9 Å². The Hall–Kier alpha value is -3.08. The summed E-state index contributed by atoms with van der Waals surface area (Å²) in [6, 6.07) is 13.2. The van der Waals surface area contributed by atoms with Crippen LogP contribution >= 0.6 is 0 Å². The quantitative estimate of drug-likeness (QED) is 0.714. The summed E-state index contributed by atoms with van der Waals surface area (Å²) in [6.07, 6.45) is 2.99. The molecule has 1 atom stereocenters. The van der Waals surface area contributed by atoms with Crippen molar-refractivity contribution in [1.29, 1.82) is 0 Å². The Morgan fingerprint density at radius 1 is 1.28 bits per heavy atom. The third-order valence-corrected chi connectivity index (χ3v) is 3.90. The molecule has 1 unspecified atom stereocenters. The summed E-state index contributed by atoms with van der Waals surface area (Å²) in [5.41, 5.74) is 3.51. The average molecular weight is 336 g/mol. The van der Waals surface area contributed by atoms with Crippen LogP contribution in [0.5, 0.6) is 5.75 Å². The van der Waals surface area contributed by atoms with E-state index in [1.807, 2.05) is 56.3 Å². The molecular formula is C20H20N2O3. The lowest BCUT2D eigenvalue weighted by molar-refractivity contribution is -0.117. The minimum Gasteiger partial charge on any atom is -0.496 e. The summed E-state index contributed by atoms with van der Waals surface area (Å²) >= 11 is 0. The van der Waals surface area contributed by atoms with Crippen LogP contribution in [-0.4, -0.2) is 18.0 Å². The van der Waals surface area contributed by atoms with Crippen molar-refractivity contribution < 1.29 is 13.9 Å². The maximum absolute atomic E-state index is 12.2. The predicted molar refractivity (Wildman–Crippen MR) is 97.3 cm³/mol. The number of ether oxygens (including phenoxy) is 1. The summed E-state index contributed by atoms with van der Waals surface area (Å²) in [7, 11) is 1.62. The van der Waals surface area contributed by atoms with Gasteiger partial charge >= 0.3 is 0 Å². The molecule has 0 aliphatic carbocycles. The fraction of sp³-hybridized carbons (Fsp3) is 0.200. The maximum atomic E-state index is 12.2. The van der Waals surface area contributed by atoms with E-state index >= 15 is 0 Å². The SMILES string of the molecule is COc1ccc(C)cc1C(C)NC(=O)/C=C/c1nc2ccccc2o1. The second-order valence-corrected chi connectivity index (χ2v) is 5.83. The molecule has 1 heterocycles. The number of amides is 1. The molecule has 5 nitrogen and oxygen atoms in total. The summed E-state index contributed by atoms with van der Waals surface area (Å²) < 4.78 is 10.9. The van der Waals surface area contributed by atoms with Gasteiger partial charge in [-0.1, -0.05) is 29.8 Å². The zero-order chi connectivity index (χ0) is 17.8. The van der Waals surface area contributed by atoms with Gasteiger partial charge in [-0.3, -0.25) is 4.79 Å². The molecule has 3 rings (SSSR count). The third kappa shape index (κ3) is 3.88. The number of hydrogen-bond donors (Lipinski definition) is 1. The van der Waals surface area contributed by atoms with Crippen molar-refractivity contribution in [2.24, 2.45) is 0 Å². The number of aryl methyl sites for hydroxylation is 1. The molecule has 0 radical (unpaired) electrons.